The van der Waals surface area contributed by atoms with Crippen LogP contribution in [-0.4, -0.2) is 23.7 Å². The average Bonchev–Trinajstić information content (AvgIpc) is 2.16. The molecule has 0 heterocycles. The Morgan fingerprint density at radius 1 is 1.43 bits per heavy atom. The minimum atomic E-state index is -2.69. The summed E-state index contributed by atoms with van der Waals surface area (Å²) in [5, 5.41) is 0. The maximum Gasteiger partial charge on any atom is 0.0748 e. The number of nitrogens with one attached hydrogen (secondary N) is 1. The van der Waals surface area contributed by atoms with Crippen LogP contribution >= 0.6 is 15.9 Å². The predicted octanol–water partition coefficient (Wildman–Crippen LogP) is 2.50. The molecule has 1 rings (SSSR count). The molecule has 0 saturated heterocycles. The van der Waals surface area contributed by atoms with Crippen LogP contribution in [0.15, 0.2) is 33.6 Å². The van der Waals surface area contributed by atoms with Crippen molar-refractivity contribution in [1.29, 1.82) is 4.78 Å². The lowest BCUT2D eigenvalue weighted by Gasteiger charge is -2.06. The molecule has 0 spiro atoms. The number of methoxy groups -OCH3 is 1. The summed E-state index contributed by atoms with van der Waals surface area (Å²) in [5.74, 6) is 0.241. The highest BCUT2D eigenvalue weighted by atomic mass is 79.9. The summed E-state index contributed by atoms with van der Waals surface area (Å²) < 4.78 is 25.2. The van der Waals surface area contributed by atoms with Gasteiger partial charge in [0, 0.05) is 16.5 Å². The van der Waals surface area contributed by atoms with E-state index in [4.69, 9.17) is 9.52 Å². The second-order valence-electron chi connectivity index (χ2n) is 2.83. The molecule has 1 aromatic carbocycles. The van der Waals surface area contributed by atoms with Gasteiger partial charge in [-0.2, -0.15) is 0 Å². The van der Waals surface area contributed by atoms with Gasteiger partial charge >= 0.3 is 0 Å². The van der Waals surface area contributed by atoms with E-state index in [-0.39, 0.29) is 5.75 Å². The summed E-state index contributed by atoms with van der Waals surface area (Å²) >= 11 is 3.29. The van der Waals surface area contributed by atoms with Crippen LogP contribution in [0.2, 0.25) is 0 Å². The highest BCUT2D eigenvalue weighted by molar-refractivity contribution is 9.10. The van der Waals surface area contributed by atoms with Gasteiger partial charge in [-0.25, -0.2) is 8.99 Å². The molecule has 0 amide bonds. The molecule has 1 atom stereocenters. The van der Waals surface area contributed by atoms with Gasteiger partial charge in [-0.1, -0.05) is 15.9 Å². The van der Waals surface area contributed by atoms with Crippen molar-refractivity contribution in [3.05, 3.63) is 28.7 Å². The molecule has 14 heavy (non-hydrogen) atoms. The lowest BCUT2D eigenvalue weighted by atomic mass is 10.4. The third-order valence-electron chi connectivity index (χ3n) is 1.77. The zero-order valence-electron chi connectivity index (χ0n) is 7.83. The highest BCUT2D eigenvalue weighted by Gasteiger charge is 2.08. The van der Waals surface area contributed by atoms with Crippen LogP contribution in [0.1, 0.15) is 0 Å². The lowest BCUT2D eigenvalue weighted by molar-refractivity contribution is 0.217. The molecule has 1 unspecified atom stereocenters. The molecule has 0 aliphatic heterocycles. The number of halogens is 1. The van der Waals surface area contributed by atoms with Gasteiger partial charge in [-0.05, 0) is 24.3 Å². The maximum absolute atomic E-state index is 11.8. The quantitative estimate of drug-likeness (QED) is 0.920. The monoisotopic (exact) mass is 277 g/mol. The molecule has 0 aliphatic rings. The molecular weight excluding hydrogens is 266 g/mol. The Morgan fingerprint density at radius 2 is 2.00 bits per heavy atom. The van der Waals surface area contributed by atoms with Crippen molar-refractivity contribution in [2.75, 3.05) is 19.5 Å². The van der Waals surface area contributed by atoms with Gasteiger partial charge < -0.3 is 4.74 Å². The standard InChI is InChI=1S/C9H12BrNO2S/c1-13-6-7-14(11,12)9-4-2-8(10)3-5-9/h2-5,11H,6-7H2,1H3. The maximum atomic E-state index is 11.8. The zero-order valence-corrected chi connectivity index (χ0v) is 10.2. The summed E-state index contributed by atoms with van der Waals surface area (Å²) in [6, 6.07) is 6.98. The number of hydrogen-bond donors (Lipinski definition) is 1. The third-order valence-corrected chi connectivity index (χ3v) is 4.07. The van der Waals surface area contributed by atoms with Crippen LogP contribution < -0.4 is 0 Å². The molecule has 5 heteroatoms. The average molecular weight is 278 g/mol. The van der Waals surface area contributed by atoms with Crippen LogP contribution in [0, 0.1) is 4.78 Å². The molecule has 1 N–H and O–H groups in total. The molecule has 0 aromatic heterocycles. The second-order valence-corrected chi connectivity index (χ2v) is 5.97. The van der Waals surface area contributed by atoms with E-state index in [9.17, 15) is 4.21 Å². The highest BCUT2D eigenvalue weighted by Crippen LogP contribution is 2.16. The van der Waals surface area contributed by atoms with E-state index in [0.717, 1.165) is 4.47 Å². The van der Waals surface area contributed by atoms with Crippen LogP contribution in [0.5, 0.6) is 0 Å². The molecule has 3 nitrogen and oxygen atoms in total. The van der Waals surface area contributed by atoms with Crippen molar-refractivity contribution < 1.29 is 8.95 Å². The first-order valence-electron chi connectivity index (χ1n) is 4.07. The normalized spacial score (nSPS) is 15.0. The van der Waals surface area contributed by atoms with E-state index in [0.29, 0.717) is 11.5 Å². The van der Waals surface area contributed by atoms with E-state index < -0.39 is 9.73 Å². The fraction of sp³-hybridized carbons (Fsp3) is 0.333. The Morgan fingerprint density at radius 3 is 2.50 bits per heavy atom. The van der Waals surface area contributed by atoms with E-state index in [1.807, 2.05) is 0 Å². The van der Waals surface area contributed by atoms with E-state index in [1.54, 1.807) is 24.3 Å². The van der Waals surface area contributed by atoms with Gasteiger partial charge in [0.15, 0.2) is 0 Å². The van der Waals surface area contributed by atoms with Crippen LogP contribution in [0.25, 0.3) is 0 Å². The molecule has 0 radical (unpaired) electrons. The summed E-state index contributed by atoms with van der Waals surface area (Å²) in [7, 11) is -1.15. The molecule has 0 aliphatic carbocycles. The second kappa shape index (κ2) is 4.91. The van der Waals surface area contributed by atoms with Crippen molar-refractivity contribution in [1.82, 2.24) is 0 Å². The minimum Gasteiger partial charge on any atom is -0.384 e. The largest absolute Gasteiger partial charge is 0.384 e. The Hall–Kier alpha value is -0.390. The topological polar surface area (TPSA) is 50.1 Å². The van der Waals surface area contributed by atoms with Crippen LogP contribution in [0.4, 0.5) is 0 Å². The van der Waals surface area contributed by atoms with Gasteiger partial charge in [0.1, 0.15) is 0 Å². The molecule has 1 aromatic rings. The van der Waals surface area contributed by atoms with Crippen molar-refractivity contribution >= 4 is 25.7 Å². The third kappa shape index (κ3) is 3.08. The predicted molar refractivity (Wildman–Crippen MR) is 60.0 cm³/mol. The molecule has 0 fully saturated rings. The number of benzene rings is 1. The Bertz CT molecular complexity index is 386. The molecule has 0 bridgehead atoms. The fourth-order valence-corrected chi connectivity index (χ4v) is 2.45. The summed E-state index contributed by atoms with van der Waals surface area (Å²) in [6.45, 7) is 0.346. The molecule has 78 valence electrons. The van der Waals surface area contributed by atoms with Gasteiger partial charge in [0.2, 0.25) is 0 Å². The number of ether oxygens (including phenoxy) is 1. The minimum absolute atomic E-state index is 0.241. The summed E-state index contributed by atoms with van der Waals surface area (Å²) in [4.78, 5) is 0.553. The first-order chi connectivity index (χ1) is 6.56. The first-order valence-corrected chi connectivity index (χ1v) is 6.59. The van der Waals surface area contributed by atoms with Crippen molar-refractivity contribution in [2.45, 2.75) is 4.90 Å². The smallest absolute Gasteiger partial charge is 0.0748 e. The Kier molecular flexibility index (Phi) is 4.10. The first kappa shape index (κ1) is 11.7. The summed E-state index contributed by atoms with van der Waals surface area (Å²) in [5.41, 5.74) is 0. The number of hydrogen-bond acceptors (Lipinski definition) is 3. The van der Waals surface area contributed by atoms with Crippen molar-refractivity contribution in [3.63, 3.8) is 0 Å². The van der Waals surface area contributed by atoms with Gasteiger partial charge in [0.05, 0.1) is 22.1 Å². The van der Waals surface area contributed by atoms with Gasteiger partial charge in [-0.3, -0.25) is 0 Å². The summed E-state index contributed by atoms with van der Waals surface area (Å²) in [6.07, 6.45) is 0. The van der Waals surface area contributed by atoms with E-state index in [1.165, 1.54) is 7.11 Å². The zero-order chi connectivity index (χ0) is 10.6. The fourth-order valence-electron chi connectivity index (χ4n) is 0.973. The Labute approximate surface area is 92.6 Å². The number of rotatable bonds is 4. The van der Waals surface area contributed by atoms with Crippen LogP contribution in [0.3, 0.4) is 0 Å². The SMILES string of the molecule is COCCS(=N)(=O)c1ccc(Br)cc1. The van der Waals surface area contributed by atoms with Crippen LogP contribution in [-0.2, 0) is 14.5 Å². The lowest BCUT2D eigenvalue weighted by Crippen LogP contribution is -2.09. The van der Waals surface area contributed by atoms with E-state index >= 15 is 0 Å². The van der Waals surface area contributed by atoms with Crippen molar-refractivity contribution in [2.24, 2.45) is 0 Å². The van der Waals surface area contributed by atoms with Gasteiger partial charge in [0.25, 0.3) is 0 Å². The van der Waals surface area contributed by atoms with Gasteiger partial charge in [-0.15, -0.1) is 0 Å². The van der Waals surface area contributed by atoms with E-state index in [2.05, 4.69) is 15.9 Å². The molecular formula is C9H12BrNO2S. The molecule has 0 saturated carbocycles. The Balaban J connectivity index is 2.87. The van der Waals surface area contributed by atoms with Crippen molar-refractivity contribution in [3.8, 4) is 0 Å².